The SMILES string of the molecule is COc1cc(C(=O)O)cc(OC)c1O.c1c[nH]cn1. The lowest BCUT2D eigenvalue weighted by Gasteiger charge is -2.08. The molecular weight excluding hydrogens is 252 g/mol. The van der Waals surface area contributed by atoms with Crippen molar-refractivity contribution in [3.05, 3.63) is 36.4 Å². The van der Waals surface area contributed by atoms with Gasteiger partial charge in [-0.2, -0.15) is 0 Å². The molecule has 2 aromatic rings. The number of imidazole rings is 1. The van der Waals surface area contributed by atoms with Crippen LogP contribution in [0.5, 0.6) is 17.2 Å². The second-order valence-corrected chi connectivity index (χ2v) is 3.30. The summed E-state index contributed by atoms with van der Waals surface area (Å²) in [6.07, 6.45) is 5.08. The van der Waals surface area contributed by atoms with Crippen LogP contribution in [-0.2, 0) is 0 Å². The van der Waals surface area contributed by atoms with Gasteiger partial charge in [-0.1, -0.05) is 0 Å². The van der Waals surface area contributed by atoms with Crippen molar-refractivity contribution < 1.29 is 24.5 Å². The number of phenols is 1. The Kier molecular flexibility index (Phi) is 5.21. The van der Waals surface area contributed by atoms with Crippen LogP contribution < -0.4 is 9.47 Å². The maximum absolute atomic E-state index is 10.7. The van der Waals surface area contributed by atoms with Crippen molar-refractivity contribution in [2.45, 2.75) is 0 Å². The Morgan fingerprint density at radius 3 is 2.11 bits per heavy atom. The van der Waals surface area contributed by atoms with Gasteiger partial charge in [-0.3, -0.25) is 0 Å². The molecular formula is C12H14N2O5. The van der Waals surface area contributed by atoms with Gasteiger partial charge in [0, 0.05) is 12.4 Å². The fourth-order valence-corrected chi connectivity index (χ4v) is 1.23. The molecule has 1 aromatic heterocycles. The number of ether oxygens (including phenoxy) is 2. The van der Waals surface area contributed by atoms with Gasteiger partial charge < -0.3 is 24.7 Å². The van der Waals surface area contributed by atoms with Crippen molar-refractivity contribution >= 4 is 5.97 Å². The van der Waals surface area contributed by atoms with Crippen LogP contribution in [0.15, 0.2) is 30.9 Å². The molecule has 0 atom stereocenters. The third-order valence-electron chi connectivity index (χ3n) is 2.13. The number of nitrogens with zero attached hydrogens (tertiary/aromatic N) is 1. The minimum absolute atomic E-state index is 0.00324. The van der Waals surface area contributed by atoms with Gasteiger partial charge in [0.25, 0.3) is 0 Å². The molecule has 0 unspecified atom stereocenters. The maximum Gasteiger partial charge on any atom is 0.335 e. The summed E-state index contributed by atoms with van der Waals surface area (Å²) in [6.45, 7) is 0. The molecule has 0 aliphatic heterocycles. The van der Waals surface area contributed by atoms with Crippen molar-refractivity contribution in [3.8, 4) is 17.2 Å². The monoisotopic (exact) mass is 266 g/mol. The molecule has 3 N–H and O–H groups in total. The Morgan fingerprint density at radius 1 is 1.26 bits per heavy atom. The minimum atomic E-state index is -1.11. The first kappa shape index (κ1) is 14.4. The summed E-state index contributed by atoms with van der Waals surface area (Å²) in [7, 11) is 2.67. The summed E-state index contributed by atoms with van der Waals surface area (Å²) < 4.78 is 9.57. The predicted molar refractivity (Wildman–Crippen MR) is 66.8 cm³/mol. The maximum atomic E-state index is 10.7. The Hall–Kier alpha value is -2.70. The highest BCUT2D eigenvalue weighted by atomic mass is 16.5. The number of benzene rings is 1. The van der Waals surface area contributed by atoms with E-state index in [2.05, 4.69) is 9.97 Å². The number of hydrogen-bond donors (Lipinski definition) is 3. The van der Waals surface area contributed by atoms with E-state index in [0.717, 1.165) is 0 Å². The normalized spacial score (nSPS) is 9.16. The van der Waals surface area contributed by atoms with Gasteiger partial charge in [0.1, 0.15) is 0 Å². The smallest absolute Gasteiger partial charge is 0.335 e. The van der Waals surface area contributed by atoms with Gasteiger partial charge in [-0.25, -0.2) is 9.78 Å². The van der Waals surface area contributed by atoms with E-state index in [1.54, 1.807) is 18.7 Å². The molecule has 7 heteroatoms. The van der Waals surface area contributed by atoms with Crippen molar-refractivity contribution in [3.63, 3.8) is 0 Å². The molecule has 0 aliphatic carbocycles. The molecule has 0 amide bonds. The summed E-state index contributed by atoms with van der Waals surface area (Å²) in [4.78, 5) is 17.1. The summed E-state index contributed by atoms with van der Waals surface area (Å²) in [5, 5.41) is 18.2. The zero-order valence-corrected chi connectivity index (χ0v) is 10.5. The van der Waals surface area contributed by atoms with E-state index < -0.39 is 5.97 Å². The highest BCUT2D eigenvalue weighted by Gasteiger charge is 2.14. The van der Waals surface area contributed by atoms with E-state index in [1.807, 2.05) is 0 Å². The van der Waals surface area contributed by atoms with Crippen LogP contribution in [0, 0.1) is 0 Å². The fraction of sp³-hybridized carbons (Fsp3) is 0.167. The van der Waals surface area contributed by atoms with E-state index in [9.17, 15) is 9.90 Å². The first-order chi connectivity index (χ1) is 9.10. The van der Waals surface area contributed by atoms with Gasteiger partial charge in [0.05, 0.1) is 26.1 Å². The molecule has 0 fully saturated rings. The number of aromatic carboxylic acids is 1. The van der Waals surface area contributed by atoms with Gasteiger partial charge in [0.2, 0.25) is 5.75 Å². The summed E-state index contributed by atoms with van der Waals surface area (Å²) in [6, 6.07) is 2.44. The molecule has 1 aromatic carbocycles. The predicted octanol–water partition coefficient (Wildman–Crippen LogP) is 1.52. The third kappa shape index (κ3) is 3.91. The highest BCUT2D eigenvalue weighted by molar-refractivity contribution is 5.89. The molecule has 0 saturated carbocycles. The molecule has 2 rings (SSSR count). The fourth-order valence-electron chi connectivity index (χ4n) is 1.23. The molecule has 0 saturated heterocycles. The molecule has 0 radical (unpaired) electrons. The van der Waals surface area contributed by atoms with Crippen LogP contribution in [0.25, 0.3) is 0 Å². The van der Waals surface area contributed by atoms with Gasteiger partial charge in [0.15, 0.2) is 11.5 Å². The average molecular weight is 266 g/mol. The lowest BCUT2D eigenvalue weighted by atomic mass is 10.2. The molecule has 0 spiro atoms. The van der Waals surface area contributed by atoms with E-state index in [4.69, 9.17) is 14.6 Å². The molecule has 1 heterocycles. The second-order valence-electron chi connectivity index (χ2n) is 3.30. The van der Waals surface area contributed by atoms with Crippen molar-refractivity contribution in [1.29, 1.82) is 0 Å². The van der Waals surface area contributed by atoms with Crippen LogP contribution in [0.2, 0.25) is 0 Å². The number of phenolic OH excluding ortho intramolecular Hbond substituents is 1. The van der Waals surface area contributed by atoms with E-state index in [-0.39, 0.29) is 22.8 Å². The number of carboxylic acids is 1. The number of aromatic nitrogens is 2. The van der Waals surface area contributed by atoms with Crippen molar-refractivity contribution in [2.24, 2.45) is 0 Å². The van der Waals surface area contributed by atoms with Crippen LogP contribution in [0.4, 0.5) is 0 Å². The number of rotatable bonds is 3. The molecule has 102 valence electrons. The number of nitrogens with one attached hydrogen (secondary N) is 1. The Bertz CT molecular complexity index is 483. The lowest BCUT2D eigenvalue weighted by molar-refractivity contribution is 0.0696. The lowest BCUT2D eigenvalue weighted by Crippen LogP contribution is -1.98. The second kappa shape index (κ2) is 6.90. The number of methoxy groups -OCH3 is 2. The summed E-state index contributed by atoms with van der Waals surface area (Å²) >= 11 is 0. The zero-order chi connectivity index (χ0) is 14.3. The van der Waals surface area contributed by atoms with Gasteiger partial charge >= 0.3 is 5.97 Å². The third-order valence-corrected chi connectivity index (χ3v) is 2.13. The van der Waals surface area contributed by atoms with Crippen LogP contribution >= 0.6 is 0 Å². The van der Waals surface area contributed by atoms with Crippen LogP contribution in [0.3, 0.4) is 0 Å². The van der Waals surface area contributed by atoms with E-state index in [1.165, 1.54) is 26.4 Å². The Balaban J connectivity index is 0.000000300. The van der Waals surface area contributed by atoms with E-state index in [0.29, 0.717) is 0 Å². The number of carboxylic acid groups (broad SMARTS) is 1. The van der Waals surface area contributed by atoms with E-state index >= 15 is 0 Å². The number of hydrogen-bond acceptors (Lipinski definition) is 5. The Labute approximate surface area is 109 Å². The number of aromatic hydroxyl groups is 1. The Morgan fingerprint density at radius 2 is 1.84 bits per heavy atom. The largest absolute Gasteiger partial charge is 0.502 e. The molecule has 19 heavy (non-hydrogen) atoms. The molecule has 0 aliphatic rings. The number of carbonyl (C=O) groups is 1. The highest BCUT2D eigenvalue weighted by Crippen LogP contribution is 2.36. The molecule has 0 bridgehead atoms. The van der Waals surface area contributed by atoms with Crippen molar-refractivity contribution in [1.82, 2.24) is 9.97 Å². The van der Waals surface area contributed by atoms with Crippen LogP contribution in [0.1, 0.15) is 10.4 Å². The van der Waals surface area contributed by atoms with Gasteiger partial charge in [-0.05, 0) is 12.1 Å². The number of aromatic amines is 1. The quantitative estimate of drug-likeness (QED) is 0.777. The van der Waals surface area contributed by atoms with Gasteiger partial charge in [-0.15, -0.1) is 0 Å². The average Bonchev–Trinajstić information content (AvgIpc) is 2.97. The standard InChI is InChI=1S/C9H10O5.C3H4N2/c1-13-6-3-5(9(11)12)4-7(14-2)8(6)10;1-2-5-3-4-1/h3-4,10H,1-2H3,(H,11,12);1-3H,(H,4,5). The first-order valence-corrected chi connectivity index (χ1v) is 5.21. The summed E-state index contributed by atoms with van der Waals surface area (Å²) in [5.41, 5.74) is -0.00324. The molecule has 7 nitrogen and oxygen atoms in total. The summed E-state index contributed by atoms with van der Waals surface area (Å²) in [5.74, 6) is -1.18. The topological polar surface area (TPSA) is 105 Å². The van der Waals surface area contributed by atoms with Crippen molar-refractivity contribution in [2.75, 3.05) is 14.2 Å². The zero-order valence-electron chi connectivity index (χ0n) is 10.5. The van der Waals surface area contributed by atoms with Crippen LogP contribution in [-0.4, -0.2) is 40.4 Å². The number of H-pyrrole nitrogens is 1. The first-order valence-electron chi connectivity index (χ1n) is 5.21. The minimum Gasteiger partial charge on any atom is -0.502 e.